The Morgan fingerprint density at radius 2 is 1.94 bits per heavy atom. The molecule has 1 saturated carbocycles. The third kappa shape index (κ3) is 3.04. The van der Waals surface area contributed by atoms with E-state index >= 15 is 0 Å². The quantitative estimate of drug-likeness (QED) is 0.712. The lowest BCUT2D eigenvalue weighted by Crippen LogP contribution is -2.12. The van der Waals surface area contributed by atoms with Crippen LogP contribution in [-0.2, 0) is 0 Å². The summed E-state index contributed by atoms with van der Waals surface area (Å²) in [5.74, 6) is 1.76. The first-order valence-corrected chi connectivity index (χ1v) is 7.42. The molecule has 0 heterocycles. The minimum absolute atomic E-state index is 0.508. The van der Waals surface area contributed by atoms with Gasteiger partial charge in [-0.15, -0.1) is 0 Å². The van der Waals surface area contributed by atoms with Gasteiger partial charge in [-0.2, -0.15) is 0 Å². The summed E-state index contributed by atoms with van der Waals surface area (Å²) in [6, 6.07) is 6.41. The summed E-state index contributed by atoms with van der Waals surface area (Å²) in [4.78, 5) is 0.508. The molecule has 0 amide bonds. The van der Waals surface area contributed by atoms with Gasteiger partial charge in [0.25, 0.3) is 0 Å². The molecule has 0 spiro atoms. The number of hydrogen-bond acceptors (Lipinski definition) is 1. The molecule has 0 N–H and O–H groups in total. The van der Waals surface area contributed by atoms with Gasteiger partial charge in [-0.3, -0.25) is 0 Å². The van der Waals surface area contributed by atoms with Gasteiger partial charge in [0.1, 0.15) is 5.75 Å². The van der Waals surface area contributed by atoms with Crippen molar-refractivity contribution in [3.05, 3.63) is 29.3 Å². The molecule has 1 unspecified atom stereocenters. The van der Waals surface area contributed by atoms with Gasteiger partial charge in [0, 0.05) is 4.83 Å². The predicted octanol–water partition coefficient (Wildman–Crippen LogP) is 5.02. The number of ether oxygens (including phenoxy) is 1. The highest BCUT2D eigenvalue weighted by molar-refractivity contribution is 9.09. The lowest BCUT2D eigenvalue weighted by molar-refractivity contribution is 0.354. The van der Waals surface area contributed by atoms with E-state index < -0.39 is 0 Å². The van der Waals surface area contributed by atoms with E-state index in [1.807, 2.05) is 0 Å². The lowest BCUT2D eigenvalue weighted by atomic mass is 9.84. The van der Waals surface area contributed by atoms with Crippen LogP contribution in [0.4, 0.5) is 0 Å². The molecule has 0 bridgehead atoms. The van der Waals surface area contributed by atoms with Crippen molar-refractivity contribution in [3.8, 4) is 5.75 Å². The normalized spacial score (nSPS) is 19.0. The highest BCUT2D eigenvalue weighted by Gasteiger charge is 2.23. The van der Waals surface area contributed by atoms with E-state index in [0.29, 0.717) is 4.83 Å². The molecule has 0 radical (unpaired) electrons. The zero-order valence-electron chi connectivity index (χ0n) is 10.7. The van der Waals surface area contributed by atoms with Crippen molar-refractivity contribution in [3.63, 3.8) is 0 Å². The minimum atomic E-state index is 0.508. The molecule has 1 fully saturated rings. The van der Waals surface area contributed by atoms with Crippen molar-refractivity contribution in [1.82, 2.24) is 0 Å². The van der Waals surface area contributed by atoms with Crippen molar-refractivity contribution >= 4 is 15.9 Å². The van der Waals surface area contributed by atoms with Crippen LogP contribution in [0.5, 0.6) is 5.75 Å². The Morgan fingerprint density at radius 3 is 2.53 bits per heavy atom. The fourth-order valence-electron chi connectivity index (χ4n) is 2.77. The molecule has 1 aromatic carbocycles. The average molecular weight is 297 g/mol. The number of halogens is 1. The Kier molecular flexibility index (Phi) is 4.49. The second-order valence-corrected chi connectivity index (χ2v) is 6.01. The van der Waals surface area contributed by atoms with E-state index in [2.05, 4.69) is 41.1 Å². The molecule has 1 nitrogen and oxygen atoms in total. The summed E-state index contributed by atoms with van der Waals surface area (Å²) in [6.07, 6.45) is 6.92. The van der Waals surface area contributed by atoms with Gasteiger partial charge in [0.05, 0.1) is 7.11 Å². The average Bonchev–Trinajstić information content (AvgIpc) is 2.39. The number of hydrogen-bond donors (Lipinski definition) is 0. The van der Waals surface area contributed by atoms with E-state index in [-0.39, 0.29) is 0 Å². The summed E-state index contributed by atoms with van der Waals surface area (Å²) < 4.78 is 5.26. The summed E-state index contributed by atoms with van der Waals surface area (Å²) in [6.45, 7) is 2.18. The number of aryl methyl sites for hydroxylation is 1. The Morgan fingerprint density at radius 1 is 1.24 bits per heavy atom. The van der Waals surface area contributed by atoms with Gasteiger partial charge in [-0.1, -0.05) is 41.3 Å². The van der Waals surface area contributed by atoms with Gasteiger partial charge in [-0.05, 0) is 48.9 Å². The van der Waals surface area contributed by atoms with E-state index in [1.54, 1.807) is 7.11 Å². The smallest absolute Gasteiger partial charge is 0.119 e. The van der Waals surface area contributed by atoms with Crippen LogP contribution in [0.2, 0.25) is 0 Å². The maximum atomic E-state index is 5.26. The van der Waals surface area contributed by atoms with Crippen LogP contribution >= 0.6 is 15.9 Å². The fraction of sp³-hybridized carbons (Fsp3) is 0.600. The molecular formula is C15H21BrO. The summed E-state index contributed by atoms with van der Waals surface area (Å²) in [5.41, 5.74) is 2.76. The highest BCUT2D eigenvalue weighted by atomic mass is 79.9. The van der Waals surface area contributed by atoms with Crippen LogP contribution in [0.25, 0.3) is 0 Å². The number of alkyl halides is 1. The van der Waals surface area contributed by atoms with Gasteiger partial charge in [0.15, 0.2) is 0 Å². The standard InChI is InChI=1S/C15H21BrO/c1-11-10-13(17-2)8-9-14(11)15(16)12-6-4-3-5-7-12/h8-10,12,15H,3-7H2,1-2H3. The molecule has 0 aliphatic heterocycles. The minimum Gasteiger partial charge on any atom is -0.497 e. The summed E-state index contributed by atoms with van der Waals surface area (Å²) >= 11 is 3.90. The Bertz CT molecular complexity index is 369. The predicted molar refractivity (Wildman–Crippen MR) is 76.0 cm³/mol. The molecule has 0 saturated heterocycles. The van der Waals surface area contributed by atoms with Crippen LogP contribution in [0.15, 0.2) is 18.2 Å². The molecule has 1 atom stereocenters. The molecule has 17 heavy (non-hydrogen) atoms. The molecule has 1 aliphatic rings. The van der Waals surface area contributed by atoms with E-state index in [0.717, 1.165) is 11.7 Å². The lowest BCUT2D eigenvalue weighted by Gasteiger charge is -2.27. The number of rotatable bonds is 3. The second-order valence-electron chi connectivity index (χ2n) is 5.02. The van der Waals surface area contributed by atoms with Gasteiger partial charge < -0.3 is 4.74 Å². The van der Waals surface area contributed by atoms with Crippen LogP contribution < -0.4 is 4.74 Å². The van der Waals surface area contributed by atoms with Crippen molar-refractivity contribution in [1.29, 1.82) is 0 Å². The number of methoxy groups -OCH3 is 1. The Balaban J connectivity index is 2.15. The van der Waals surface area contributed by atoms with Crippen LogP contribution in [0.3, 0.4) is 0 Å². The Labute approximate surface area is 113 Å². The zero-order valence-corrected chi connectivity index (χ0v) is 12.3. The van der Waals surface area contributed by atoms with Crippen LogP contribution in [-0.4, -0.2) is 7.11 Å². The van der Waals surface area contributed by atoms with Crippen molar-refractivity contribution < 1.29 is 4.74 Å². The highest BCUT2D eigenvalue weighted by Crippen LogP contribution is 2.41. The van der Waals surface area contributed by atoms with Gasteiger partial charge in [-0.25, -0.2) is 0 Å². The van der Waals surface area contributed by atoms with Crippen LogP contribution in [0.1, 0.15) is 48.1 Å². The zero-order chi connectivity index (χ0) is 12.3. The monoisotopic (exact) mass is 296 g/mol. The fourth-order valence-corrected chi connectivity index (χ4v) is 3.81. The van der Waals surface area contributed by atoms with Crippen molar-refractivity contribution in [2.75, 3.05) is 7.11 Å². The first-order valence-electron chi connectivity index (χ1n) is 6.51. The molecule has 2 heteroatoms. The van der Waals surface area contributed by atoms with E-state index in [4.69, 9.17) is 4.74 Å². The largest absolute Gasteiger partial charge is 0.497 e. The molecule has 1 aromatic rings. The Hall–Kier alpha value is -0.500. The van der Waals surface area contributed by atoms with Crippen molar-refractivity contribution in [2.24, 2.45) is 5.92 Å². The SMILES string of the molecule is COc1ccc(C(Br)C2CCCCC2)c(C)c1. The number of benzene rings is 1. The third-order valence-electron chi connectivity index (χ3n) is 3.84. The maximum absolute atomic E-state index is 5.26. The van der Waals surface area contributed by atoms with E-state index in [9.17, 15) is 0 Å². The second kappa shape index (κ2) is 5.90. The molecule has 0 aromatic heterocycles. The topological polar surface area (TPSA) is 9.23 Å². The first-order chi connectivity index (χ1) is 8.22. The summed E-state index contributed by atoms with van der Waals surface area (Å²) in [7, 11) is 1.72. The molecular weight excluding hydrogens is 276 g/mol. The van der Waals surface area contributed by atoms with Crippen LogP contribution in [0, 0.1) is 12.8 Å². The molecule has 2 rings (SSSR count). The molecule has 1 aliphatic carbocycles. The first kappa shape index (κ1) is 12.9. The van der Waals surface area contributed by atoms with E-state index in [1.165, 1.54) is 43.2 Å². The maximum Gasteiger partial charge on any atom is 0.119 e. The third-order valence-corrected chi connectivity index (χ3v) is 5.08. The van der Waals surface area contributed by atoms with Gasteiger partial charge in [0.2, 0.25) is 0 Å². The molecule has 94 valence electrons. The summed E-state index contributed by atoms with van der Waals surface area (Å²) in [5, 5.41) is 0. The van der Waals surface area contributed by atoms with Gasteiger partial charge >= 0.3 is 0 Å². The van der Waals surface area contributed by atoms with Crippen molar-refractivity contribution in [2.45, 2.75) is 43.9 Å².